The number of carbonyl (C=O) groups is 2. The Morgan fingerprint density at radius 2 is 1.40 bits per heavy atom. The van der Waals surface area contributed by atoms with Gasteiger partial charge in [0.15, 0.2) is 0 Å². The summed E-state index contributed by atoms with van der Waals surface area (Å²) in [6.45, 7) is 0.615. The Bertz CT molecular complexity index is 1600. The smallest absolute Gasteiger partial charge is 0.490 e. The average molecular weight is 555 g/mol. The summed E-state index contributed by atoms with van der Waals surface area (Å²) in [5.74, 6) is -3.04. The van der Waals surface area contributed by atoms with Crippen LogP contribution in [-0.2, 0) is 17.9 Å². The van der Waals surface area contributed by atoms with Gasteiger partial charge in [-0.2, -0.15) is 13.2 Å². The molecule has 4 aromatic rings. The summed E-state index contributed by atoms with van der Waals surface area (Å²) < 4.78 is 33.6. The van der Waals surface area contributed by atoms with Crippen LogP contribution in [-0.4, -0.2) is 44.5 Å². The van der Waals surface area contributed by atoms with E-state index in [1.165, 1.54) is 0 Å². The molecule has 0 atom stereocenters. The molecule has 0 saturated carbocycles. The van der Waals surface area contributed by atoms with E-state index in [2.05, 4.69) is 5.32 Å². The minimum Gasteiger partial charge on any atom is -0.507 e. The molecule has 0 aliphatic carbocycles. The quantitative estimate of drug-likeness (QED) is 0.135. The number of benzene rings is 3. The highest BCUT2D eigenvalue weighted by Gasteiger charge is 2.38. The van der Waals surface area contributed by atoms with Crippen LogP contribution in [0.1, 0.15) is 32.7 Å². The van der Waals surface area contributed by atoms with E-state index in [0.29, 0.717) is 34.3 Å². The predicted molar refractivity (Wildman–Crippen MR) is 142 cm³/mol. The summed E-state index contributed by atoms with van der Waals surface area (Å²) in [5, 5.41) is 36.2. The summed E-state index contributed by atoms with van der Waals surface area (Å²) in [4.78, 5) is 22.1. The minimum atomic E-state index is -5.08. The molecule has 10 nitrogen and oxygen atoms in total. The highest BCUT2D eigenvalue weighted by molar-refractivity contribution is 6.00. The topological polar surface area (TPSA) is 191 Å². The fourth-order valence-corrected chi connectivity index (χ4v) is 3.77. The van der Waals surface area contributed by atoms with Crippen LogP contribution in [0.25, 0.3) is 10.9 Å². The second-order valence-corrected chi connectivity index (χ2v) is 8.54. The normalized spacial score (nSPS) is 10.9. The molecule has 0 spiro atoms. The van der Waals surface area contributed by atoms with Crippen LogP contribution in [0.15, 0.2) is 72.8 Å². The van der Waals surface area contributed by atoms with E-state index in [1.807, 2.05) is 34.9 Å². The molecule has 0 fully saturated rings. The number of aliphatic carboxylic acids is 1. The van der Waals surface area contributed by atoms with Gasteiger partial charge >= 0.3 is 12.1 Å². The molecule has 13 heteroatoms. The number of carbonyl (C=O) groups excluding carboxylic acids is 1. The van der Waals surface area contributed by atoms with Crippen molar-refractivity contribution in [1.82, 2.24) is 9.88 Å². The number of aromatic hydroxyl groups is 1. The number of fused-ring (bicyclic) bond motifs is 1. The van der Waals surface area contributed by atoms with Gasteiger partial charge < -0.3 is 31.6 Å². The van der Waals surface area contributed by atoms with Gasteiger partial charge in [-0.3, -0.25) is 15.6 Å². The van der Waals surface area contributed by atoms with Gasteiger partial charge in [0.05, 0.1) is 5.52 Å². The Kier molecular flexibility index (Phi) is 8.79. The number of aromatic nitrogens is 1. The number of halogens is 3. The standard InChI is InChI=1S/C25H24N6O2.C2HF3O2/c26-23(27)17-6-1-4-15(10-17)13-30-25(33)21-12-19-20(8-3-9-22(19)32)31(21)14-16-5-2-7-18(11-16)24(28)29;3-2(4,5)1(6)7/h1-12,32H,13-14H2,(H3,26,27)(H3,28,29)(H,30,33);(H,6,7). The summed E-state index contributed by atoms with van der Waals surface area (Å²) in [6, 6.07) is 21.2. The number of amides is 1. The number of hydrogen-bond acceptors (Lipinski definition) is 5. The number of phenolic OH excluding ortho intramolecular Hbond substituents is 1. The van der Waals surface area contributed by atoms with Crippen molar-refractivity contribution < 1.29 is 33.0 Å². The zero-order valence-electron chi connectivity index (χ0n) is 20.8. The SMILES string of the molecule is N=C(N)c1cccc(CNC(=O)c2cc3c(O)cccc3n2Cc2cccc(C(=N)N)c2)c1.O=C(O)C(F)(F)F. The third-order valence-electron chi connectivity index (χ3n) is 5.67. The van der Waals surface area contributed by atoms with Gasteiger partial charge in [-0.25, -0.2) is 4.79 Å². The number of nitrogens with zero attached hydrogens (tertiary/aromatic N) is 1. The molecule has 1 aromatic heterocycles. The molecule has 40 heavy (non-hydrogen) atoms. The van der Waals surface area contributed by atoms with Crippen LogP contribution in [0, 0.1) is 10.8 Å². The number of nitrogen functional groups attached to an aromatic ring is 2. The Balaban J connectivity index is 0.000000559. The summed E-state index contributed by atoms with van der Waals surface area (Å²) in [7, 11) is 0. The second kappa shape index (κ2) is 12.0. The first-order valence-electron chi connectivity index (χ1n) is 11.5. The van der Waals surface area contributed by atoms with E-state index >= 15 is 0 Å². The van der Waals surface area contributed by atoms with E-state index in [4.69, 9.17) is 32.2 Å². The number of alkyl halides is 3. The maximum atomic E-state index is 13.2. The van der Waals surface area contributed by atoms with Gasteiger partial charge in [0.1, 0.15) is 23.1 Å². The van der Waals surface area contributed by atoms with Gasteiger partial charge in [0.25, 0.3) is 5.91 Å². The predicted octanol–water partition coefficient (Wildman–Crippen LogP) is 3.53. The maximum absolute atomic E-state index is 13.2. The molecule has 208 valence electrons. The lowest BCUT2D eigenvalue weighted by molar-refractivity contribution is -0.192. The van der Waals surface area contributed by atoms with Crippen LogP contribution in [0.3, 0.4) is 0 Å². The lowest BCUT2D eigenvalue weighted by atomic mass is 10.1. The molecule has 1 amide bonds. The van der Waals surface area contributed by atoms with E-state index < -0.39 is 12.1 Å². The molecule has 0 radical (unpaired) electrons. The molecule has 1 heterocycles. The Morgan fingerprint density at radius 1 is 0.875 bits per heavy atom. The lowest BCUT2D eigenvalue weighted by Crippen LogP contribution is -2.26. The minimum absolute atomic E-state index is 0.0300. The summed E-state index contributed by atoms with van der Waals surface area (Å²) in [5.41, 5.74) is 15.2. The van der Waals surface area contributed by atoms with Crippen LogP contribution in [0.2, 0.25) is 0 Å². The van der Waals surface area contributed by atoms with Crippen molar-refractivity contribution in [1.29, 1.82) is 10.8 Å². The lowest BCUT2D eigenvalue weighted by Gasteiger charge is -2.13. The van der Waals surface area contributed by atoms with Crippen molar-refractivity contribution >= 4 is 34.5 Å². The molecule has 0 bridgehead atoms. The van der Waals surface area contributed by atoms with E-state index in [-0.39, 0.29) is 29.9 Å². The number of rotatable bonds is 7. The summed E-state index contributed by atoms with van der Waals surface area (Å²) in [6.07, 6.45) is -5.08. The average Bonchev–Trinajstić information content (AvgIpc) is 3.27. The van der Waals surface area contributed by atoms with Crippen molar-refractivity contribution in [2.75, 3.05) is 0 Å². The highest BCUT2D eigenvalue weighted by Crippen LogP contribution is 2.29. The van der Waals surface area contributed by atoms with Gasteiger partial charge in [-0.15, -0.1) is 0 Å². The molecule has 9 N–H and O–H groups in total. The molecular weight excluding hydrogens is 529 g/mol. The van der Waals surface area contributed by atoms with Gasteiger partial charge in [-0.05, 0) is 41.5 Å². The Labute approximate surface area is 225 Å². The zero-order valence-corrected chi connectivity index (χ0v) is 20.8. The molecule has 0 aliphatic heterocycles. The number of amidine groups is 2. The number of carboxylic acids is 1. The van der Waals surface area contributed by atoms with Gasteiger partial charge in [0, 0.05) is 29.6 Å². The molecule has 0 aliphatic rings. The summed E-state index contributed by atoms with van der Waals surface area (Å²) >= 11 is 0. The van der Waals surface area contributed by atoms with Crippen LogP contribution in [0.5, 0.6) is 5.75 Å². The number of phenols is 1. The highest BCUT2D eigenvalue weighted by atomic mass is 19.4. The Hall–Kier alpha value is -5.33. The zero-order chi connectivity index (χ0) is 29.6. The first-order valence-corrected chi connectivity index (χ1v) is 11.5. The number of carboxylic acid groups (broad SMARTS) is 1. The maximum Gasteiger partial charge on any atom is 0.490 e. The molecular formula is C27H25F3N6O4. The molecule has 0 saturated heterocycles. The number of nitrogens with two attached hydrogens (primary N) is 2. The first-order chi connectivity index (χ1) is 18.8. The monoisotopic (exact) mass is 554 g/mol. The Morgan fingerprint density at radius 3 is 1.95 bits per heavy atom. The third kappa shape index (κ3) is 7.16. The van der Waals surface area contributed by atoms with E-state index in [9.17, 15) is 23.1 Å². The van der Waals surface area contributed by atoms with Crippen LogP contribution < -0.4 is 16.8 Å². The second-order valence-electron chi connectivity index (χ2n) is 8.54. The molecule has 4 rings (SSSR count). The van der Waals surface area contributed by atoms with Gasteiger partial charge in [-0.1, -0.05) is 42.5 Å². The first kappa shape index (κ1) is 29.2. The number of nitrogens with one attached hydrogen (secondary N) is 3. The molecule has 3 aromatic carbocycles. The van der Waals surface area contributed by atoms with Crippen molar-refractivity contribution in [3.63, 3.8) is 0 Å². The van der Waals surface area contributed by atoms with E-state index in [1.54, 1.807) is 42.5 Å². The fraction of sp³-hybridized carbons (Fsp3) is 0.111. The van der Waals surface area contributed by atoms with Crippen LogP contribution in [0.4, 0.5) is 13.2 Å². The van der Waals surface area contributed by atoms with Gasteiger partial charge in [0.2, 0.25) is 0 Å². The third-order valence-corrected chi connectivity index (χ3v) is 5.67. The van der Waals surface area contributed by atoms with E-state index in [0.717, 1.165) is 11.1 Å². The molecule has 0 unspecified atom stereocenters. The largest absolute Gasteiger partial charge is 0.507 e. The fourth-order valence-electron chi connectivity index (χ4n) is 3.77. The van der Waals surface area contributed by atoms with Crippen molar-refractivity contribution in [2.24, 2.45) is 11.5 Å². The van der Waals surface area contributed by atoms with Crippen molar-refractivity contribution in [3.05, 3.63) is 101 Å². The number of hydrogen-bond donors (Lipinski definition) is 7. The van der Waals surface area contributed by atoms with Crippen molar-refractivity contribution in [3.8, 4) is 5.75 Å². The van der Waals surface area contributed by atoms with Crippen LogP contribution >= 0.6 is 0 Å². The van der Waals surface area contributed by atoms with Crippen molar-refractivity contribution in [2.45, 2.75) is 19.3 Å².